The lowest BCUT2D eigenvalue weighted by Crippen LogP contribution is -2.09. The van der Waals surface area contributed by atoms with Gasteiger partial charge in [0.15, 0.2) is 0 Å². The molecule has 24 heavy (non-hydrogen) atoms. The summed E-state index contributed by atoms with van der Waals surface area (Å²) in [7, 11) is 0. The normalized spacial score (nSPS) is 10.6. The van der Waals surface area contributed by atoms with Crippen LogP contribution < -0.4 is 5.32 Å². The molecule has 0 amide bonds. The maximum absolute atomic E-state index is 12.5. The SMILES string of the molecule is CCCCCCNc1scc(-c2ccc(C)cc2)c1C(=O)OCC. The number of nitrogens with one attached hydrogen (secondary N) is 1. The molecule has 0 radical (unpaired) electrons. The number of rotatable bonds is 9. The maximum Gasteiger partial charge on any atom is 0.341 e. The molecule has 0 aliphatic rings. The van der Waals surface area contributed by atoms with E-state index in [0.717, 1.165) is 29.1 Å². The second-order valence-electron chi connectivity index (χ2n) is 5.93. The minimum absolute atomic E-state index is 0.245. The van der Waals surface area contributed by atoms with E-state index in [9.17, 15) is 4.79 Å². The Kier molecular flexibility index (Phi) is 7.32. The van der Waals surface area contributed by atoms with Crippen molar-refractivity contribution in [3.8, 4) is 11.1 Å². The molecule has 130 valence electrons. The van der Waals surface area contributed by atoms with Crippen molar-refractivity contribution in [2.45, 2.75) is 46.5 Å². The molecule has 0 aliphatic carbocycles. The highest BCUT2D eigenvalue weighted by Gasteiger charge is 2.21. The average Bonchev–Trinajstić information content (AvgIpc) is 2.99. The quantitative estimate of drug-likeness (QED) is 0.455. The van der Waals surface area contributed by atoms with Crippen molar-refractivity contribution in [1.29, 1.82) is 0 Å². The molecule has 0 saturated heterocycles. The lowest BCUT2D eigenvalue weighted by atomic mass is 10.0. The van der Waals surface area contributed by atoms with Crippen molar-refractivity contribution in [3.05, 3.63) is 40.8 Å². The molecule has 4 heteroatoms. The van der Waals surface area contributed by atoms with Gasteiger partial charge >= 0.3 is 5.97 Å². The van der Waals surface area contributed by atoms with Gasteiger partial charge < -0.3 is 10.1 Å². The number of carbonyl (C=O) groups is 1. The highest BCUT2D eigenvalue weighted by molar-refractivity contribution is 7.15. The first kappa shape index (κ1) is 18.5. The summed E-state index contributed by atoms with van der Waals surface area (Å²) in [5.74, 6) is -0.245. The van der Waals surface area contributed by atoms with Gasteiger partial charge in [-0.15, -0.1) is 11.3 Å². The topological polar surface area (TPSA) is 38.3 Å². The third kappa shape index (κ3) is 4.84. The van der Waals surface area contributed by atoms with Gasteiger partial charge in [0, 0.05) is 17.5 Å². The lowest BCUT2D eigenvalue weighted by molar-refractivity contribution is 0.0529. The number of hydrogen-bond acceptors (Lipinski definition) is 4. The van der Waals surface area contributed by atoms with Gasteiger partial charge in [-0.25, -0.2) is 4.79 Å². The average molecular weight is 346 g/mol. The van der Waals surface area contributed by atoms with Gasteiger partial charge in [-0.1, -0.05) is 56.0 Å². The number of unbranched alkanes of at least 4 members (excludes halogenated alkanes) is 3. The summed E-state index contributed by atoms with van der Waals surface area (Å²) in [6, 6.07) is 8.26. The molecule has 1 aromatic carbocycles. The van der Waals surface area contributed by atoms with Crippen molar-refractivity contribution >= 4 is 22.3 Å². The number of ether oxygens (including phenoxy) is 1. The Morgan fingerprint density at radius 1 is 1.12 bits per heavy atom. The minimum atomic E-state index is -0.245. The van der Waals surface area contributed by atoms with Crippen LogP contribution in [0.5, 0.6) is 0 Å². The van der Waals surface area contributed by atoms with Crippen molar-refractivity contribution in [2.24, 2.45) is 0 Å². The number of carbonyl (C=O) groups excluding carboxylic acids is 1. The first-order chi connectivity index (χ1) is 11.7. The molecule has 1 heterocycles. The van der Waals surface area contributed by atoms with Crippen LogP contribution in [0.3, 0.4) is 0 Å². The molecule has 1 aromatic heterocycles. The molecular formula is C20H27NO2S. The molecular weight excluding hydrogens is 318 g/mol. The highest BCUT2D eigenvalue weighted by Crippen LogP contribution is 2.36. The Morgan fingerprint density at radius 3 is 2.54 bits per heavy atom. The molecule has 0 aliphatic heterocycles. The minimum Gasteiger partial charge on any atom is -0.462 e. The monoisotopic (exact) mass is 345 g/mol. The summed E-state index contributed by atoms with van der Waals surface area (Å²) in [4.78, 5) is 12.5. The Balaban J connectivity index is 2.21. The molecule has 3 nitrogen and oxygen atoms in total. The van der Waals surface area contributed by atoms with Gasteiger partial charge in [0.25, 0.3) is 0 Å². The van der Waals surface area contributed by atoms with Crippen molar-refractivity contribution in [2.75, 3.05) is 18.5 Å². The van der Waals surface area contributed by atoms with Gasteiger partial charge in [0.05, 0.1) is 6.61 Å². The van der Waals surface area contributed by atoms with E-state index >= 15 is 0 Å². The molecule has 2 rings (SSSR count). The van der Waals surface area contributed by atoms with E-state index in [4.69, 9.17) is 4.74 Å². The second-order valence-corrected chi connectivity index (χ2v) is 6.81. The van der Waals surface area contributed by atoms with Crippen molar-refractivity contribution in [1.82, 2.24) is 0 Å². The lowest BCUT2D eigenvalue weighted by Gasteiger charge is -2.09. The molecule has 0 spiro atoms. The number of aryl methyl sites for hydroxylation is 1. The molecule has 0 fully saturated rings. The zero-order valence-electron chi connectivity index (χ0n) is 14.9. The first-order valence-corrected chi connectivity index (χ1v) is 9.64. The van der Waals surface area contributed by atoms with Crippen molar-refractivity contribution < 1.29 is 9.53 Å². The molecule has 0 saturated carbocycles. The van der Waals surface area contributed by atoms with Gasteiger partial charge in [-0.05, 0) is 25.8 Å². The predicted octanol–water partition coefficient (Wildman–Crippen LogP) is 5.89. The van der Waals surface area contributed by atoms with Gasteiger partial charge in [0.2, 0.25) is 0 Å². The van der Waals surface area contributed by atoms with Crippen LogP contribution in [-0.4, -0.2) is 19.1 Å². The summed E-state index contributed by atoms with van der Waals surface area (Å²) in [5, 5.41) is 6.39. The summed E-state index contributed by atoms with van der Waals surface area (Å²) >= 11 is 1.58. The molecule has 1 N–H and O–H groups in total. The van der Waals surface area contributed by atoms with E-state index < -0.39 is 0 Å². The summed E-state index contributed by atoms with van der Waals surface area (Å²) in [6.07, 6.45) is 4.82. The number of esters is 1. The summed E-state index contributed by atoms with van der Waals surface area (Å²) in [6.45, 7) is 7.39. The number of hydrogen-bond donors (Lipinski definition) is 1. The van der Waals surface area contributed by atoms with E-state index in [0.29, 0.717) is 12.2 Å². The Labute approximate surface area is 149 Å². The van der Waals surface area contributed by atoms with Crippen LogP contribution in [-0.2, 0) is 4.74 Å². The van der Waals surface area contributed by atoms with E-state index in [1.165, 1.54) is 24.8 Å². The third-order valence-electron chi connectivity index (χ3n) is 3.95. The fourth-order valence-electron chi connectivity index (χ4n) is 2.59. The third-order valence-corrected chi connectivity index (χ3v) is 4.89. The second kappa shape index (κ2) is 9.48. The van der Waals surface area contributed by atoms with Gasteiger partial charge in [0.1, 0.15) is 10.6 Å². The van der Waals surface area contributed by atoms with Crippen LogP contribution in [0.25, 0.3) is 11.1 Å². The molecule has 0 unspecified atom stereocenters. The van der Waals surface area contributed by atoms with E-state index in [1.807, 2.05) is 12.3 Å². The van der Waals surface area contributed by atoms with Crippen LogP contribution in [0, 0.1) is 6.92 Å². The van der Waals surface area contributed by atoms with Crippen LogP contribution in [0.4, 0.5) is 5.00 Å². The molecule has 0 bridgehead atoms. The predicted molar refractivity (Wildman–Crippen MR) is 103 cm³/mol. The van der Waals surface area contributed by atoms with Crippen LogP contribution >= 0.6 is 11.3 Å². The Morgan fingerprint density at radius 2 is 1.88 bits per heavy atom. The largest absolute Gasteiger partial charge is 0.462 e. The standard InChI is InChI=1S/C20H27NO2S/c1-4-6-7-8-13-21-19-18(20(22)23-5-2)17(14-24-19)16-11-9-15(3)10-12-16/h9-12,14,21H,4-8,13H2,1-3H3. The zero-order chi connectivity index (χ0) is 17.4. The molecule has 0 atom stereocenters. The van der Waals surface area contributed by atoms with E-state index in [2.05, 4.69) is 43.4 Å². The fraction of sp³-hybridized carbons (Fsp3) is 0.450. The van der Waals surface area contributed by atoms with Crippen molar-refractivity contribution in [3.63, 3.8) is 0 Å². The molecule has 2 aromatic rings. The van der Waals surface area contributed by atoms with Crippen LogP contribution in [0.1, 0.15) is 55.5 Å². The zero-order valence-corrected chi connectivity index (χ0v) is 15.7. The van der Waals surface area contributed by atoms with E-state index in [1.54, 1.807) is 11.3 Å². The number of thiophene rings is 1. The summed E-state index contributed by atoms with van der Waals surface area (Å²) in [5.41, 5.74) is 3.88. The number of anilines is 1. The fourth-order valence-corrected chi connectivity index (χ4v) is 3.58. The van der Waals surface area contributed by atoms with Gasteiger partial charge in [-0.3, -0.25) is 0 Å². The first-order valence-electron chi connectivity index (χ1n) is 8.76. The smallest absolute Gasteiger partial charge is 0.341 e. The van der Waals surface area contributed by atoms with Crippen LogP contribution in [0.15, 0.2) is 29.6 Å². The maximum atomic E-state index is 12.5. The Bertz CT molecular complexity index is 646. The van der Waals surface area contributed by atoms with Crippen LogP contribution in [0.2, 0.25) is 0 Å². The van der Waals surface area contributed by atoms with Gasteiger partial charge in [-0.2, -0.15) is 0 Å². The highest BCUT2D eigenvalue weighted by atomic mass is 32.1. The number of benzene rings is 1. The van der Waals surface area contributed by atoms with E-state index in [-0.39, 0.29) is 5.97 Å². The summed E-state index contributed by atoms with van der Waals surface area (Å²) < 4.78 is 5.29. The Hall–Kier alpha value is -1.81.